The summed E-state index contributed by atoms with van der Waals surface area (Å²) in [6, 6.07) is 14.1. The maximum Gasteiger partial charge on any atom is 0.241 e. The van der Waals surface area contributed by atoms with Crippen LogP contribution >= 0.6 is 0 Å². The van der Waals surface area contributed by atoms with Crippen molar-refractivity contribution in [3.8, 4) is 5.75 Å². The van der Waals surface area contributed by atoms with Crippen LogP contribution in [0, 0.1) is 0 Å². The first-order valence-electron chi connectivity index (χ1n) is 8.64. The van der Waals surface area contributed by atoms with Crippen molar-refractivity contribution in [1.82, 2.24) is 10.0 Å². The van der Waals surface area contributed by atoms with Crippen molar-refractivity contribution < 1.29 is 23.1 Å². The minimum atomic E-state index is -3.91. The number of sulfonamides is 1. The summed E-state index contributed by atoms with van der Waals surface area (Å²) >= 11 is 0. The predicted molar refractivity (Wildman–Crippen MR) is 102 cm³/mol. The van der Waals surface area contributed by atoms with Crippen LogP contribution in [0.2, 0.25) is 0 Å². The summed E-state index contributed by atoms with van der Waals surface area (Å²) in [5, 5.41) is 11.4. The molecule has 2 aromatic carbocycles. The number of aliphatic hydroxyl groups is 1. The molecule has 0 bridgehead atoms. The minimum absolute atomic E-state index is 0.0407. The smallest absolute Gasteiger partial charge is 0.241 e. The second kappa shape index (κ2) is 10.1. The normalized spacial score (nSPS) is 12.4. The maximum absolute atomic E-state index is 12.7. The fourth-order valence-corrected chi connectivity index (χ4v) is 3.67. The van der Waals surface area contributed by atoms with Gasteiger partial charge in [0.15, 0.2) is 0 Å². The quantitative estimate of drug-likeness (QED) is 0.561. The van der Waals surface area contributed by atoms with Gasteiger partial charge >= 0.3 is 0 Å². The van der Waals surface area contributed by atoms with Gasteiger partial charge in [-0.15, -0.1) is 0 Å². The molecule has 0 aliphatic carbocycles. The highest BCUT2D eigenvalue weighted by molar-refractivity contribution is 7.89. The molecule has 2 rings (SSSR count). The number of hydrogen-bond acceptors (Lipinski definition) is 5. The van der Waals surface area contributed by atoms with Crippen LogP contribution in [0.25, 0.3) is 0 Å². The summed E-state index contributed by atoms with van der Waals surface area (Å²) in [5.41, 5.74) is 0.816. The van der Waals surface area contributed by atoms with Crippen molar-refractivity contribution >= 4 is 15.9 Å². The van der Waals surface area contributed by atoms with Crippen LogP contribution in [0.1, 0.15) is 12.5 Å². The third kappa shape index (κ3) is 6.35. The number of rotatable bonds is 10. The van der Waals surface area contributed by atoms with Crippen LogP contribution < -0.4 is 14.8 Å². The van der Waals surface area contributed by atoms with E-state index in [9.17, 15) is 13.2 Å². The molecule has 0 saturated carbocycles. The highest BCUT2D eigenvalue weighted by Gasteiger charge is 2.26. The third-order valence-corrected chi connectivity index (χ3v) is 5.24. The average Bonchev–Trinajstić information content (AvgIpc) is 2.67. The first kappa shape index (κ1) is 20.9. The van der Waals surface area contributed by atoms with Crippen LogP contribution in [0.3, 0.4) is 0 Å². The van der Waals surface area contributed by atoms with E-state index in [1.807, 2.05) is 37.3 Å². The number of hydrogen-bond donors (Lipinski definition) is 3. The molecule has 0 radical (unpaired) electrons. The molecule has 8 heteroatoms. The number of carbonyl (C=O) groups excluding carboxylic acids is 1. The zero-order chi connectivity index (χ0) is 19.7. The first-order chi connectivity index (χ1) is 13.0. The third-order valence-electron chi connectivity index (χ3n) is 3.75. The van der Waals surface area contributed by atoms with Crippen LogP contribution in [0.15, 0.2) is 59.5 Å². The summed E-state index contributed by atoms with van der Waals surface area (Å²) in [5.74, 6) is 0.0698. The van der Waals surface area contributed by atoms with E-state index in [0.29, 0.717) is 12.4 Å². The number of benzene rings is 2. The summed E-state index contributed by atoms with van der Waals surface area (Å²) < 4.78 is 33.2. The molecule has 0 fully saturated rings. The van der Waals surface area contributed by atoms with Gasteiger partial charge in [0.1, 0.15) is 11.8 Å². The molecule has 27 heavy (non-hydrogen) atoms. The fraction of sp³-hybridized carbons (Fsp3) is 0.316. The Balaban J connectivity index is 2.19. The lowest BCUT2D eigenvalue weighted by molar-refractivity contribution is -0.122. The number of ether oxygens (including phenoxy) is 1. The van der Waals surface area contributed by atoms with Crippen molar-refractivity contribution in [3.63, 3.8) is 0 Å². The summed E-state index contributed by atoms with van der Waals surface area (Å²) in [6.07, 6.45) is 0.189. The lowest BCUT2D eigenvalue weighted by Gasteiger charge is -2.18. The number of carbonyl (C=O) groups is 1. The molecule has 0 aromatic heterocycles. The van der Waals surface area contributed by atoms with E-state index in [2.05, 4.69) is 10.0 Å². The van der Waals surface area contributed by atoms with Gasteiger partial charge in [0.25, 0.3) is 0 Å². The summed E-state index contributed by atoms with van der Waals surface area (Å²) in [4.78, 5) is 12.4. The van der Waals surface area contributed by atoms with Gasteiger partial charge in [-0.3, -0.25) is 4.79 Å². The average molecular weight is 392 g/mol. The van der Waals surface area contributed by atoms with E-state index >= 15 is 0 Å². The Bertz CT molecular complexity index is 823. The molecular weight excluding hydrogens is 368 g/mol. The number of amides is 1. The summed E-state index contributed by atoms with van der Waals surface area (Å²) in [6.45, 7) is 2.14. The van der Waals surface area contributed by atoms with Gasteiger partial charge in [-0.05, 0) is 43.2 Å². The lowest BCUT2D eigenvalue weighted by Crippen LogP contribution is -2.48. The second-order valence-electron chi connectivity index (χ2n) is 5.78. The van der Waals surface area contributed by atoms with Gasteiger partial charge in [-0.25, -0.2) is 8.42 Å². The minimum Gasteiger partial charge on any atom is -0.494 e. The lowest BCUT2D eigenvalue weighted by atomic mass is 10.1. The molecule has 3 N–H and O–H groups in total. The molecule has 0 spiro atoms. The SMILES string of the molecule is CCOc1ccc(S(=O)(=O)NC(Cc2ccccc2)C(=O)NCCO)cc1. The molecule has 146 valence electrons. The molecule has 1 amide bonds. The Morgan fingerprint density at radius 1 is 1.11 bits per heavy atom. The molecule has 2 aromatic rings. The van der Waals surface area contributed by atoms with E-state index in [1.54, 1.807) is 12.1 Å². The van der Waals surface area contributed by atoms with Crippen LogP contribution in [0.4, 0.5) is 0 Å². The Hall–Kier alpha value is -2.42. The largest absolute Gasteiger partial charge is 0.494 e. The van der Waals surface area contributed by atoms with Crippen LogP contribution in [-0.2, 0) is 21.2 Å². The Kier molecular flexibility index (Phi) is 7.78. The highest BCUT2D eigenvalue weighted by Crippen LogP contribution is 2.17. The van der Waals surface area contributed by atoms with E-state index < -0.39 is 22.0 Å². The van der Waals surface area contributed by atoms with Crippen molar-refractivity contribution in [1.29, 1.82) is 0 Å². The standard InChI is InChI=1S/C19H24N2O5S/c1-2-26-16-8-10-17(11-9-16)27(24,25)21-18(19(23)20-12-13-22)14-15-6-4-3-5-7-15/h3-11,18,21-22H,2,12-14H2,1H3,(H,20,23). The van der Waals surface area contributed by atoms with Gasteiger partial charge in [-0.2, -0.15) is 4.72 Å². The van der Waals surface area contributed by atoms with Crippen LogP contribution in [0.5, 0.6) is 5.75 Å². The molecule has 1 atom stereocenters. The Morgan fingerprint density at radius 2 is 1.78 bits per heavy atom. The number of nitrogens with one attached hydrogen (secondary N) is 2. The van der Waals surface area contributed by atoms with E-state index in [4.69, 9.17) is 9.84 Å². The molecule has 0 aliphatic heterocycles. The predicted octanol–water partition coefficient (Wildman–Crippen LogP) is 1.08. The van der Waals surface area contributed by atoms with E-state index in [0.717, 1.165) is 5.56 Å². The Labute approximate surface area is 159 Å². The molecule has 1 unspecified atom stereocenters. The monoisotopic (exact) mass is 392 g/mol. The van der Waals surface area contributed by atoms with Gasteiger partial charge in [-0.1, -0.05) is 30.3 Å². The van der Waals surface area contributed by atoms with Crippen molar-refractivity contribution in [2.24, 2.45) is 0 Å². The number of aliphatic hydroxyl groups excluding tert-OH is 1. The maximum atomic E-state index is 12.7. The van der Waals surface area contributed by atoms with E-state index in [-0.39, 0.29) is 24.5 Å². The van der Waals surface area contributed by atoms with Crippen molar-refractivity contribution in [3.05, 3.63) is 60.2 Å². The Morgan fingerprint density at radius 3 is 2.37 bits per heavy atom. The van der Waals surface area contributed by atoms with Crippen molar-refractivity contribution in [2.45, 2.75) is 24.3 Å². The first-order valence-corrected chi connectivity index (χ1v) is 10.1. The van der Waals surface area contributed by atoms with Crippen LogP contribution in [-0.4, -0.2) is 45.2 Å². The fourth-order valence-electron chi connectivity index (χ4n) is 2.48. The van der Waals surface area contributed by atoms with Gasteiger partial charge in [0.05, 0.1) is 18.1 Å². The molecular formula is C19H24N2O5S. The van der Waals surface area contributed by atoms with E-state index in [1.165, 1.54) is 12.1 Å². The second-order valence-corrected chi connectivity index (χ2v) is 7.50. The van der Waals surface area contributed by atoms with Crippen molar-refractivity contribution in [2.75, 3.05) is 19.8 Å². The zero-order valence-electron chi connectivity index (χ0n) is 15.1. The van der Waals surface area contributed by atoms with Gasteiger partial charge < -0.3 is 15.2 Å². The zero-order valence-corrected chi connectivity index (χ0v) is 15.9. The molecule has 0 saturated heterocycles. The van der Waals surface area contributed by atoms with Gasteiger partial charge in [0, 0.05) is 6.54 Å². The molecule has 7 nitrogen and oxygen atoms in total. The van der Waals surface area contributed by atoms with Gasteiger partial charge in [0.2, 0.25) is 15.9 Å². The summed E-state index contributed by atoms with van der Waals surface area (Å²) in [7, 11) is -3.91. The highest BCUT2D eigenvalue weighted by atomic mass is 32.2. The molecule has 0 heterocycles. The molecule has 0 aliphatic rings. The topological polar surface area (TPSA) is 105 Å².